The van der Waals surface area contributed by atoms with Crippen molar-refractivity contribution >= 4 is 5.91 Å². The summed E-state index contributed by atoms with van der Waals surface area (Å²) in [4.78, 5) is 13.6. The van der Waals surface area contributed by atoms with Crippen molar-refractivity contribution in [3.05, 3.63) is 18.0 Å². The first-order chi connectivity index (χ1) is 8.08. The molecule has 2 heterocycles. The van der Waals surface area contributed by atoms with Gasteiger partial charge in [0, 0.05) is 27.3 Å². The molecule has 94 valence electrons. The molecule has 1 aromatic rings. The van der Waals surface area contributed by atoms with Crippen molar-refractivity contribution in [2.75, 3.05) is 20.6 Å². The summed E-state index contributed by atoms with van der Waals surface area (Å²) in [6.45, 7) is 0.893. The van der Waals surface area contributed by atoms with E-state index >= 15 is 0 Å². The van der Waals surface area contributed by atoms with Gasteiger partial charge in [0.1, 0.15) is 0 Å². The van der Waals surface area contributed by atoms with Gasteiger partial charge < -0.3 is 10.2 Å². The van der Waals surface area contributed by atoms with Gasteiger partial charge in [0.05, 0.1) is 12.2 Å². The highest BCUT2D eigenvalue weighted by molar-refractivity contribution is 5.81. The molecule has 0 aromatic carbocycles. The Bertz CT molecular complexity index is 399. The highest BCUT2D eigenvalue weighted by atomic mass is 16.2. The summed E-state index contributed by atoms with van der Waals surface area (Å²) in [6.07, 6.45) is 5.89. The highest BCUT2D eigenvalue weighted by Gasteiger charge is 2.29. The van der Waals surface area contributed by atoms with E-state index in [2.05, 4.69) is 10.4 Å². The van der Waals surface area contributed by atoms with Gasteiger partial charge in [0.25, 0.3) is 0 Å². The van der Waals surface area contributed by atoms with Crippen LogP contribution in [0, 0.1) is 0 Å². The van der Waals surface area contributed by atoms with Crippen LogP contribution in [-0.2, 0) is 11.8 Å². The fourth-order valence-corrected chi connectivity index (χ4v) is 2.37. The van der Waals surface area contributed by atoms with Crippen molar-refractivity contribution in [1.82, 2.24) is 20.0 Å². The number of aryl methyl sites for hydroxylation is 1. The Kier molecular flexibility index (Phi) is 3.47. The van der Waals surface area contributed by atoms with E-state index in [1.807, 2.05) is 24.1 Å². The average Bonchev–Trinajstić information content (AvgIpc) is 2.75. The molecule has 1 aliphatic rings. The van der Waals surface area contributed by atoms with E-state index in [-0.39, 0.29) is 11.9 Å². The summed E-state index contributed by atoms with van der Waals surface area (Å²) in [5.41, 5.74) is 1.24. The Hall–Kier alpha value is -1.36. The quantitative estimate of drug-likeness (QED) is 0.806. The molecule has 17 heavy (non-hydrogen) atoms. The summed E-state index contributed by atoms with van der Waals surface area (Å²) in [5.74, 6) is 0.609. The molecule has 1 aliphatic heterocycles. The normalized spacial score (nSPS) is 24.6. The second-order valence-electron chi connectivity index (χ2n) is 4.91. The molecule has 0 radical (unpaired) electrons. The summed E-state index contributed by atoms with van der Waals surface area (Å²) in [5, 5.41) is 7.49. The maximum atomic E-state index is 11.9. The second-order valence-corrected chi connectivity index (χ2v) is 4.91. The van der Waals surface area contributed by atoms with Crippen molar-refractivity contribution in [3.8, 4) is 0 Å². The number of hydrogen-bond donors (Lipinski definition) is 1. The molecule has 1 amide bonds. The van der Waals surface area contributed by atoms with Gasteiger partial charge in [-0.2, -0.15) is 5.10 Å². The molecule has 5 nitrogen and oxygen atoms in total. The molecule has 0 saturated carbocycles. The number of carbonyl (C=O) groups is 1. The summed E-state index contributed by atoms with van der Waals surface area (Å²) >= 11 is 0. The minimum absolute atomic E-state index is 0.0519. The lowest BCUT2D eigenvalue weighted by Gasteiger charge is -2.30. The fraction of sp³-hybridized carbons (Fsp3) is 0.667. The third-order valence-corrected chi connectivity index (χ3v) is 3.34. The number of carbonyl (C=O) groups excluding carboxylic acids is 1. The van der Waals surface area contributed by atoms with Crippen LogP contribution in [0.5, 0.6) is 0 Å². The van der Waals surface area contributed by atoms with Crippen LogP contribution in [0.3, 0.4) is 0 Å². The van der Waals surface area contributed by atoms with Gasteiger partial charge in [-0.25, -0.2) is 0 Å². The lowest BCUT2D eigenvalue weighted by atomic mass is 9.87. The van der Waals surface area contributed by atoms with Gasteiger partial charge in [-0.05, 0) is 30.9 Å². The van der Waals surface area contributed by atoms with Gasteiger partial charge in [-0.3, -0.25) is 9.48 Å². The molecule has 2 rings (SSSR count). The van der Waals surface area contributed by atoms with Gasteiger partial charge in [0.2, 0.25) is 5.91 Å². The van der Waals surface area contributed by atoms with Crippen LogP contribution in [0.4, 0.5) is 0 Å². The standard InChI is InChI=1S/C12H20N4O/c1-15(2)12(17)11-6-9(4-5-13-11)10-7-14-16(3)8-10/h7-9,11,13H,4-6H2,1-3H3. The molecule has 0 aliphatic carbocycles. The van der Waals surface area contributed by atoms with Crippen LogP contribution in [-0.4, -0.2) is 47.3 Å². The Balaban J connectivity index is 2.04. The maximum absolute atomic E-state index is 11.9. The lowest BCUT2D eigenvalue weighted by molar-refractivity contribution is -0.131. The summed E-state index contributed by atoms with van der Waals surface area (Å²) in [7, 11) is 5.53. The first-order valence-electron chi connectivity index (χ1n) is 6.01. The van der Waals surface area contributed by atoms with E-state index in [0.717, 1.165) is 19.4 Å². The fourth-order valence-electron chi connectivity index (χ4n) is 2.37. The van der Waals surface area contributed by atoms with E-state index in [0.29, 0.717) is 5.92 Å². The van der Waals surface area contributed by atoms with E-state index in [1.54, 1.807) is 19.0 Å². The van der Waals surface area contributed by atoms with Crippen LogP contribution in [0.1, 0.15) is 24.3 Å². The van der Waals surface area contributed by atoms with E-state index in [9.17, 15) is 4.79 Å². The molecule has 5 heteroatoms. The van der Waals surface area contributed by atoms with Gasteiger partial charge in [-0.15, -0.1) is 0 Å². The molecule has 1 N–H and O–H groups in total. The highest BCUT2D eigenvalue weighted by Crippen LogP contribution is 2.27. The smallest absolute Gasteiger partial charge is 0.239 e. The molecule has 2 unspecified atom stereocenters. The number of rotatable bonds is 2. The molecular weight excluding hydrogens is 216 g/mol. The lowest BCUT2D eigenvalue weighted by Crippen LogP contribution is -2.47. The third-order valence-electron chi connectivity index (χ3n) is 3.34. The van der Waals surface area contributed by atoms with E-state index in [1.165, 1.54) is 5.56 Å². The van der Waals surface area contributed by atoms with Crippen LogP contribution >= 0.6 is 0 Å². The number of nitrogens with zero attached hydrogens (tertiary/aromatic N) is 3. The molecule has 1 saturated heterocycles. The Morgan fingerprint density at radius 2 is 2.35 bits per heavy atom. The summed E-state index contributed by atoms with van der Waals surface area (Å²) in [6, 6.07) is -0.0519. The number of piperidine rings is 1. The SMILES string of the molecule is CN(C)C(=O)C1CC(c2cnn(C)c2)CCN1. The van der Waals surface area contributed by atoms with Crippen molar-refractivity contribution in [2.45, 2.75) is 24.8 Å². The van der Waals surface area contributed by atoms with Gasteiger partial charge >= 0.3 is 0 Å². The zero-order chi connectivity index (χ0) is 12.4. The van der Waals surface area contributed by atoms with Crippen molar-refractivity contribution in [1.29, 1.82) is 0 Å². The van der Waals surface area contributed by atoms with Crippen molar-refractivity contribution in [3.63, 3.8) is 0 Å². The molecule has 0 spiro atoms. The van der Waals surface area contributed by atoms with Crippen LogP contribution in [0.25, 0.3) is 0 Å². The molecule has 0 bridgehead atoms. The van der Waals surface area contributed by atoms with E-state index < -0.39 is 0 Å². The largest absolute Gasteiger partial charge is 0.347 e. The Labute approximate surface area is 102 Å². The minimum atomic E-state index is -0.0519. The van der Waals surface area contributed by atoms with Crippen LogP contribution < -0.4 is 5.32 Å². The molecular formula is C12H20N4O. The topological polar surface area (TPSA) is 50.2 Å². The van der Waals surface area contributed by atoms with Gasteiger partial charge in [0.15, 0.2) is 0 Å². The zero-order valence-electron chi connectivity index (χ0n) is 10.7. The number of likely N-dealkylation sites (N-methyl/N-ethyl adjacent to an activating group) is 1. The van der Waals surface area contributed by atoms with E-state index in [4.69, 9.17) is 0 Å². The number of nitrogens with one attached hydrogen (secondary N) is 1. The maximum Gasteiger partial charge on any atom is 0.239 e. The predicted octanol–water partition coefficient (Wildman–Crippen LogP) is 0.344. The van der Waals surface area contributed by atoms with Crippen LogP contribution in [0.2, 0.25) is 0 Å². The summed E-state index contributed by atoms with van der Waals surface area (Å²) < 4.78 is 1.82. The van der Waals surface area contributed by atoms with Crippen molar-refractivity contribution < 1.29 is 4.79 Å². The number of amides is 1. The molecule has 2 atom stereocenters. The predicted molar refractivity (Wildman–Crippen MR) is 65.7 cm³/mol. The van der Waals surface area contributed by atoms with Crippen LogP contribution in [0.15, 0.2) is 12.4 Å². The molecule has 1 aromatic heterocycles. The third kappa shape index (κ3) is 2.66. The van der Waals surface area contributed by atoms with Crippen molar-refractivity contribution in [2.24, 2.45) is 7.05 Å². The Morgan fingerprint density at radius 1 is 1.59 bits per heavy atom. The zero-order valence-corrected chi connectivity index (χ0v) is 10.7. The number of aromatic nitrogens is 2. The Morgan fingerprint density at radius 3 is 2.94 bits per heavy atom. The number of hydrogen-bond acceptors (Lipinski definition) is 3. The van der Waals surface area contributed by atoms with Gasteiger partial charge in [-0.1, -0.05) is 0 Å². The first-order valence-corrected chi connectivity index (χ1v) is 6.01. The second kappa shape index (κ2) is 4.87. The average molecular weight is 236 g/mol. The first kappa shape index (κ1) is 12.1. The monoisotopic (exact) mass is 236 g/mol. The molecule has 1 fully saturated rings. The minimum Gasteiger partial charge on any atom is -0.347 e.